The number of benzene rings is 8. The highest BCUT2D eigenvalue weighted by Gasteiger charge is 2.67. The Morgan fingerprint density at radius 1 is 0.420 bits per heavy atom. The Bertz CT molecular complexity index is 6910. The summed E-state index contributed by atoms with van der Waals surface area (Å²) in [7, 11) is 5.29. The number of methoxy groups -OCH3 is 1. The first-order chi connectivity index (χ1) is 69.1. The summed E-state index contributed by atoms with van der Waals surface area (Å²) in [5.41, 5.74) is 22.9. The summed E-state index contributed by atoms with van der Waals surface area (Å²) in [6.45, 7) is 9.43. The molecule has 7 amide bonds. The molecule has 6 aliphatic rings. The first-order valence-electron chi connectivity index (χ1n) is 47.9. The average Bonchev–Trinajstić information content (AvgIpc) is 1.56. The van der Waals surface area contributed by atoms with Crippen molar-refractivity contribution >= 4 is 90.9 Å². The zero-order chi connectivity index (χ0) is 101. The molecule has 0 spiro atoms. The highest BCUT2D eigenvalue weighted by Crippen LogP contribution is 2.60. The van der Waals surface area contributed by atoms with Gasteiger partial charge in [0.25, 0.3) is 0 Å². The van der Waals surface area contributed by atoms with E-state index >= 15 is 0 Å². The van der Waals surface area contributed by atoms with Gasteiger partial charge in [-0.3, -0.25) is 79.1 Å². The lowest BCUT2D eigenvalue weighted by molar-refractivity contribution is -0.149. The predicted molar refractivity (Wildman–Crippen MR) is 525 cm³/mol. The molecule has 4 aliphatic carbocycles. The summed E-state index contributed by atoms with van der Waals surface area (Å²) in [6, 6.07) is 69.7. The van der Waals surface area contributed by atoms with Crippen molar-refractivity contribution in [3.63, 3.8) is 0 Å². The van der Waals surface area contributed by atoms with Gasteiger partial charge in [-0.25, -0.2) is 35.7 Å². The van der Waals surface area contributed by atoms with Crippen LogP contribution in [0.5, 0.6) is 23.0 Å². The number of likely N-dealkylation sites (N-methyl/N-ethyl adjacent to an activating group) is 1. The lowest BCUT2D eigenvalue weighted by Gasteiger charge is -2.25. The minimum absolute atomic E-state index is 0.00655. The second-order valence-electron chi connectivity index (χ2n) is 37.8. The molecule has 0 bridgehead atoms. The van der Waals surface area contributed by atoms with E-state index < -0.39 is 98.6 Å². The molecular formula is C110H115F2N13O18. The van der Waals surface area contributed by atoms with Gasteiger partial charge in [0, 0.05) is 99.3 Å². The standard InChI is InChI=1S/C30H36N4O4.C28H31N3O5.C27H23FN4O4.C25H25FN2O5/c1-4-22-15-21(25-7-5-6-8-27(25)31-22)19-38-24-11-9-20(10-12-24)16-30(17-26(30)28(35)32-37)29(36)34-14-13-23(18-34)33(2)3;1-2-20-13-19(23-5-3-4-6-25(23)29-20)17-36-22-9-7-18(8-10-22)14-28(15-24(28)26(33)30-35)27(34)31-12-11-21(32)16-31;28-20-11-16(13-27(26(29)34)14-19(27)25(33)32-35)8-9-24(20)36-15-17-12-23(22-7-3-4-10-30-22)31-21-6-2-1-5-18(17)21;1-3-17-11-16(18-6-4-5-7-21(18)27-17)14-33-22-9-8-15(10-20(22)26)12-25(24(30)32-2)13-19(25)23(29)28-31/h5-12,15,23,26,37H,4,13-14,16-19H2,1-3H3,(H,32,35);3-10,13,21,24,32,35H,2,11-12,14-17H2,1H3,(H,30,33);1-12,19,35H,13-15H2,(H2,29,34)(H,32,33);4-11,19,31H,3,12-14H2,1-2H3,(H,28,29)/t23-,26+,30-;21-,24+,28-;19-,27+;19-,25+/m0011/s1. The van der Waals surface area contributed by atoms with Crippen LogP contribution in [0.1, 0.15) is 121 Å². The van der Waals surface area contributed by atoms with Gasteiger partial charge >= 0.3 is 5.97 Å². The highest BCUT2D eigenvalue weighted by atomic mass is 19.1. The maximum atomic E-state index is 14.9. The van der Waals surface area contributed by atoms with Crippen molar-refractivity contribution in [1.29, 1.82) is 0 Å². The fourth-order valence-corrected chi connectivity index (χ4v) is 20.0. The van der Waals surface area contributed by atoms with E-state index in [1.807, 2.05) is 196 Å². The van der Waals surface area contributed by atoms with E-state index in [0.717, 1.165) is 131 Å². The van der Waals surface area contributed by atoms with Crippen LogP contribution in [0, 0.1) is 57.0 Å². The molecule has 13 aromatic rings. The number of aliphatic hydroxyl groups is 1. The third-order valence-corrected chi connectivity index (χ3v) is 28.4. The lowest BCUT2D eigenvalue weighted by Crippen LogP contribution is -2.41. The predicted octanol–water partition coefficient (Wildman–Crippen LogP) is 13.9. The third-order valence-electron chi connectivity index (χ3n) is 28.4. The number of aliphatic hydroxyl groups excluding tert-OH is 1. The number of amides is 7. The van der Waals surface area contributed by atoms with Crippen LogP contribution in [-0.2, 0) is 114 Å². The zero-order valence-electron chi connectivity index (χ0n) is 80.2. The van der Waals surface area contributed by atoms with E-state index in [2.05, 4.69) is 51.9 Å². The van der Waals surface area contributed by atoms with Crippen molar-refractivity contribution in [2.75, 3.05) is 47.4 Å². The van der Waals surface area contributed by atoms with Gasteiger partial charge in [-0.15, -0.1) is 0 Å². The van der Waals surface area contributed by atoms with Crippen molar-refractivity contribution in [2.45, 2.75) is 143 Å². The highest BCUT2D eigenvalue weighted by molar-refractivity contribution is 5.99. The molecule has 7 heterocycles. The molecule has 143 heavy (non-hydrogen) atoms. The fourth-order valence-electron chi connectivity index (χ4n) is 20.0. The lowest BCUT2D eigenvalue weighted by atomic mass is 9.92. The average molecular weight is 1950 g/mol. The molecule has 4 saturated carbocycles. The number of hydrogen-bond acceptors (Lipinski definition) is 24. The number of nitrogens with two attached hydrogens (primary N) is 1. The third kappa shape index (κ3) is 22.5. The summed E-state index contributed by atoms with van der Waals surface area (Å²) in [4.78, 5) is 128. The van der Waals surface area contributed by atoms with Gasteiger partial charge in [0.05, 0.1) is 92.0 Å². The van der Waals surface area contributed by atoms with E-state index in [0.29, 0.717) is 93.6 Å². The monoisotopic (exact) mass is 1940 g/mol. The van der Waals surface area contributed by atoms with Crippen LogP contribution in [0.15, 0.2) is 231 Å². The number of nitrogens with one attached hydrogen (secondary N) is 4. The van der Waals surface area contributed by atoms with Crippen LogP contribution in [-0.4, -0.2) is 172 Å². The Hall–Kier alpha value is -14.9. The maximum absolute atomic E-state index is 14.9. The number of aryl methyl sites for hydroxylation is 3. The molecule has 10 atom stereocenters. The second-order valence-corrected chi connectivity index (χ2v) is 37.8. The number of halogens is 2. The van der Waals surface area contributed by atoms with Gasteiger partial charge < -0.3 is 49.2 Å². The SMILES string of the molecule is CCc1cc(COc2ccc(C[C@]3(C(=O)N4CC[C@H](N(C)C)C4)C[C@@H]3C(=O)NO)cc2)c2ccccc2n1.CCc1cc(COc2ccc(C[C@]3(C(=O)N4CC[C@H](O)C4)C[C@@H]3C(=O)NO)cc2)c2ccccc2n1.CCc1cc(COc2ccc(C[C@]3(C(=O)OC)C[C@@H]3C(=O)NO)cc2F)c2ccccc2n1.NC(=O)[C@@]1(Cc2ccc(OCc3cc(-c4ccccn4)nc4ccccc34)c(F)c2)C[C@@H]1C(=O)NO. The molecule has 0 radical (unpaired) electrons. The van der Waals surface area contributed by atoms with E-state index in [1.54, 1.807) is 45.1 Å². The number of aromatic nitrogens is 5. The normalized spacial score (nSPS) is 20.9. The number of β-amino-alcohol motifs (C(OH)–C–C–N with tert-alkyl or cyclic N) is 1. The van der Waals surface area contributed by atoms with Crippen LogP contribution >= 0.6 is 0 Å². The molecule has 8 aromatic carbocycles. The van der Waals surface area contributed by atoms with Crippen LogP contribution in [0.4, 0.5) is 8.78 Å². The van der Waals surface area contributed by atoms with Gasteiger partial charge in [-0.2, -0.15) is 0 Å². The van der Waals surface area contributed by atoms with Gasteiger partial charge in [-0.05, 0) is 229 Å². The van der Waals surface area contributed by atoms with Gasteiger partial charge in [0.2, 0.25) is 41.4 Å². The number of carbonyl (C=O) groups excluding carboxylic acids is 8. The number of hydroxylamine groups is 4. The number of likely N-dealkylation sites (tertiary alicyclic amines) is 2. The molecule has 11 N–H and O–H groups in total. The van der Waals surface area contributed by atoms with Gasteiger partial charge in [0.15, 0.2) is 23.1 Å². The van der Waals surface area contributed by atoms with Gasteiger partial charge in [-0.1, -0.05) is 136 Å². The van der Waals surface area contributed by atoms with Crippen molar-refractivity contribution in [3.05, 3.63) is 304 Å². The molecule has 2 aliphatic heterocycles. The quantitative estimate of drug-likeness (QED) is 0.0104. The molecule has 0 unspecified atom stereocenters. The molecule has 2 saturated heterocycles. The van der Waals surface area contributed by atoms with E-state index in [-0.39, 0.29) is 68.8 Å². The van der Waals surface area contributed by atoms with E-state index in [9.17, 15) is 57.5 Å². The number of rotatable bonds is 33. The Kier molecular flexibility index (Phi) is 31.2. The Balaban J connectivity index is 0.000000137. The Morgan fingerprint density at radius 2 is 0.776 bits per heavy atom. The zero-order valence-corrected chi connectivity index (χ0v) is 80.2. The van der Waals surface area contributed by atoms with Crippen LogP contribution in [0.3, 0.4) is 0 Å². The Morgan fingerprint density at radius 3 is 1.15 bits per heavy atom. The number of esters is 1. The molecule has 33 heteroatoms. The molecular weight excluding hydrogens is 1830 g/mol. The minimum Gasteiger partial charge on any atom is -0.489 e. The smallest absolute Gasteiger partial charge is 0.312 e. The molecule has 19 rings (SSSR count). The maximum Gasteiger partial charge on any atom is 0.312 e. The Labute approximate surface area is 824 Å². The summed E-state index contributed by atoms with van der Waals surface area (Å²) in [6.07, 6.45) is 7.36. The van der Waals surface area contributed by atoms with E-state index in [4.69, 9.17) is 55.0 Å². The number of nitrogens with zero attached hydrogens (tertiary/aromatic N) is 8. The molecule has 31 nitrogen and oxygen atoms in total. The number of para-hydroxylation sites is 4. The fraction of sp³-hybridized carbons (Fsp3) is 0.336. The van der Waals surface area contributed by atoms with E-state index in [1.165, 1.54) is 31.4 Å². The number of hydrogen-bond donors (Lipinski definition) is 10. The van der Waals surface area contributed by atoms with Crippen LogP contribution in [0.25, 0.3) is 55.0 Å². The number of carbonyl (C=O) groups is 8. The number of ether oxygens (including phenoxy) is 5. The van der Waals surface area contributed by atoms with Crippen molar-refractivity contribution in [2.24, 2.45) is 51.1 Å². The molecule has 6 fully saturated rings. The number of fused-ring (bicyclic) bond motifs is 4. The summed E-state index contributed by atoms with van der Waals surface area (Å²) in [5.74, 6) is -5.87. The van der Waals surface area contributed by atoms with Crippen molar-refractivity contribution in [1.82, 2.24) is 61.5 Å². The van der Waals surface area contributed by atoms with Crippen LogP contribution in [0.2, 0.25) is 0 Å². The number of pyridine rings is 5. The second kappa shape index (κ2) is 44.1. The minimum atomic E-state index is -1.14. The van der Waals surface area contributed by atoms with Crippen molar-refractivity contribution in [3.8, 4) is 34.4 Å². The van der Waals surface area contributed by atoms with Gasteiger partial charge in [0.1, 0.15) is 37.9 Å². The first-order valence-corrected chi connectivity index (χ1v) is 47.9. The first kappa shape index (κ1) is 101. The number of primary amides is 1. The molecule has 5 aromatic heterocycles. The largest absolute Gasteiger partial charge is 0.489 e. The topological polar surface area (TPSA) is 432 Å². The van der Waals surface area contributed by atoms with Crippen molar-refractivity contribution < 1.29 is 96.8 Å². The summed E-state index contributed by atoms with van der Waals surface area (Å²) >= 11 is 0. The summed E-state index contributed by atoms with van der Waals surface area (Å²) < 4.78 is 58.5. The molecule has 742 valence electrons. The van der Waals surface area contributed by atoms with Crippen LogP contribution < -0.4 is 46.6 Å². The summed E-state index contributed by atoms with van der Waals surface area (Å²) in [5, 5.41) is 50.0.